The minimum absolute atomic E-state index is 0.148. The van der Waals surface area contributed by atoms with Crippen LogP contribution in [0.25, 0.3) is 11.4 Å². The smallest absolute Gasteiger partial charge is 0.335 e. The second-order valence-corrected chi connectivity index (χ2v) is 5.30. The third kappa shape index (κ3) is 4.35. The number of anilines is 1. The van der Waals surface area contributed by atoms with Crippen LogP contribution in [0.2, 0.25) is 0 Å². The van der Waals surface area contributed by atoms with Gasteiger partial charge in [0, 0.05) is 18.9 Å². The fraction of sp³-hybridized carbons (Fsp3) is 0.111. The first-order valence-corrected chi connectivity index (χ1v) is 7.63. The van der Waals surface area contributed by atoms with Crippen molar-refractivity contribution in [3.05, 3.63) is 71.8 Å². The van der Waals surface area contributed by atoms with Crippen LogP contribution in [-0.2, 0) is 6.42 Å². The number of aromatic carboxylic acids is 1. The number of aromatic nitrogens is 3. The summed E-state index contributed by atoms with van der Waals surface area (Å²) in [7, 11) is 0. The quantitative estimate of drug-likeness (QED) is 0.718. The van der Waals surface area contributed by atoms with E-state index in [4.69, 9.17) is 5.11 Å². The van der Waals surface area contributed by atoms with Gasteiger partial charge in [-0.3, -0.25) is 4.98 Å². The molecule has 3 rings (SSSR count). The van der Waals surface area contributed by atoms with Crippen molar-refractivity contribution >= 4 is 11.9 Å². The molecule has 0 unspecified atom stereocenters. The van der Waals surface area contributed by atoms with Gasteiger partial charge in [0.2, 0.25) is 5.95 Å². The number of nitrogens with zero attached hydrogens (tertiary/aromatic N) is 3. The second-order valence-electron chi connectivity index (χ2n) is 5.30. The van der Waals surface area contributed by atoms with Crippen LogP contribution in [-0.4, -0.2) is 32.6 Å². The highest BCUT2D eigenvalue weighted by atomic mass is 19.1. The molecule has 0 aliphatic heterocycles. The van der Waals surface area contributed by atoms with Crippen LogP contribution < -0.4 is 5.32 Å². The molecule has 0 fully saturated rings. The predicted octanol–water partition coefficient (Wildman–Crippen LogP) is 3.03. The summed E-state index contributed by atoms with van der Waals surface area (Å²) in [5.74, 6) is -0.860. The summed E-state index contributed by atoms with van der Waals surface area (Å²) in [6, 6.07) is 10.9. The molecule has 0 saturated heterocycles. The van der Waals surface area contributed by atoms with Crippen molar-refractivity contribution in [1.82, 2.24) is 15.0 Å². The average molecular weight is 338 g/mol. The molecule has 3 aromatic rings. The lowest BCUT2D eigenvalue weighted by molar-refractivity contribution is 0.0697. The Kier molecular flexibility index (Phi) is 4.94. The zero-order valence-electron chi connectivity index (χ0n) is 13.2. The minimum atomic E-state index is -1.02. The first kappa shape index (κ1) is 16.5. The average Bonchev–Trinajstić information content (AvgIpc) is 2.64. The van der Waals surface area contributed by atoms with Gasteiger partial charge in [0.25, 0.3) is 0 Å². The summed E-state index contributed by atoms with van der Waals surface area (Å²) in [6.45, 7) is 0.581. The zero-order valence-corrected chi connectivity index (χ0v) is 13.2. The fourth-order valence-corrected chi connectivity index (χ4v) is 2.26. The number of benzene rings is 1. The Morgan fingerprint density at radius 1 is 1.04 bits per heavy atom. The zero-order chi connectivity index (χ0) is 17.6. The topological polar surface area (TPSA) is 88.0 Å². The molecule has 0 radical (unpaired) electrons. The molecule has 0 aliphatic carbocycles. The van der Waals surface area contributed by atoms with Gasteiger partial charge in [-0.1, -0.05) is 12.1 Å². The van der Waals surface area contributed by atoms with Crippen molar-refractivity contribution in [3.8, 4) is 11.4 Å². The number of hydrogen-bond donors (Lipinski definition) is 2. The maximum Gasteiger partial charge on any atom is 0.335 e. The predicted molar refractivity (Wildman–Crippen MR) is 90.8 cm³/mol. The number of pyridine rings is 1. The summed E-state index contributed by atoms with van der Waals surface area (Å²) in [6.07, 6.45) is 3.71. The highest BCUT2D eigenvalue weighted by Gasteiger charge is 2.08. The lowest BCUT2D eigenvalue weighted by Gasteiger charge is -2.07. The molecule has 25 heavy (non-hydrogen) atoms. The summed E-state index contributed by atoms with van der Waals surface area (Å²) in [4.78, 5) is 23.7. The first-order valence-electron chi connectivity index (χ1n) is 7.63. The van der Waals surface area contributed by atoms with Gasteiger partial charge in [-0.15, -0.1) is 0 Å². The lowest BCUT2D eigenvalue weighted by atomic mass is 10.1. The summed E-state index contributed by atoms with van der Waals surface area (Å²) in [5, 5.41) is 12.2. The number of carboxylic acid groups (broad SMARTS) is 1. The molecule has 126 valence electrons. The van der Waals surface area contributed by atoms with E-state index < -0.39 is 5.97 Å². The van der Waals surface area contributed by atoms with Gasteiger partial charge in [-0.25, -0.2) is 19.2 Å². The van der Waals surface area contributed by atoms with Gasteiger partial charge in [0.05, 0.1) is 17.0 Å². The van der Waals surface area contributed by atoms with Crippen LogP contribution in [0.3, 0.4) is 0 Å². The Bertz CT molecular complexity index is 884. The molecule has 0 saturated carbocycles. The Labute approximate surface area is 143 Å². The largest absolute Gasteiger partial charge is 0.478 e. The maximum absolute atomic E-state index is 12.9. The maximum atomic E-state index is 12.9. The third-order valence-electron chi connectivity index (χ3n) is 3.53. The molecule has 0 amide bonds. The Morgan fingerprint density at radius 2 is 1.80 bits per heavy atom. The second kappa shape index (κ2) is 7.48. The summed E-state index contributed by atoms with van der Waals surface area (Å²) >= 11 is 0. The molecular formula is C18H15FN4O2. The molecule has 2 aromatic heterocycles. The van der Waals surface area contributed by atoms with Crippen LogP contribution >= 0.6 is 0 Å². The third-order valence-corrected chi connectivity index (χ3v) is 3.53. The summed E-state index contributed by atoms with van der Waals surface area (Å²) in [5.41, 5.74) is 2.14. The van der Waals surface area contributed by atoms with Crippen molar-refractivity contribution in [1.29, 1.82) is 0 Å². The van der Waals surface area contributed by atoms with E-state index >= 15 is 0 Å². The molecule has 7 heteroatoms. The normalized spacial score (nSPS) is 10.4. The highest BCUT2D eigenvalue weighted by Crippen LogP contribution is 2.16. The molecule has 2 N–H and O–H groups in total. The molecule has 0 atom stereocenters. The van der Waals surface area contributed by atoms with Gasteiger partial charge in [-0.05, 0) is 42.3 Å². The van der Waals surface area contributed by atoms with Gasteiger partial charge >= 0.3 is 5.97 Å². The molecule has 2 heterocycles. The van der Waals surface area contributed by atoms with Crippen molar-refractivity contribution in [2.45, 2.75) is 6.42 Å². The van der Waals surface area contributed by atoms with Gasteiger partial charge in [0.1, 0.15) is 5.82 Å². The number of nitrogens with one attached hydrogen (secondary N) is 1. The first-order chi connectivity index (χ1) is 12.1. The van der Waals surface area contributed by atoms with Crippen LogP contribution in [0.1, 0.15) is 15.9 Å². The lowest BCUT2D eigenvalue weighted by Crippen LogP contribution is -2.08. The van der Waals surface area contributed by atoms with Gasteiger partial charge in [-0.2, -0.15) is 0 Å². The molecule has 0 aliphatic rings. The van der Waals surface area contributed by atoms with E-state index in [2.05, 4.69) is 20.3 Å². The van der Waals surface area contributed by atoms with E-state index in [9.17, 15) is 9.18 Å². The molecular weight excluding hydrogens is 323 g/mol. The van der Waals surface area contributed by atoms with E-state index in [0.717, 1.165) is 5.56 Å². The van der Waals surface area contributed by atoms with Crippen LogP contribution in [0, 0.1) is 5.82 Å². The highest BCUT2D eigenvalue weighted by molar-refractivity contribution is 5.88. The van der Waals surface area contributed by atoms with E-state index in [1.807, 2.05) is 0 Å². The van der Waals surface area contributed by atoms with E-state index in [1.165, 1.54) is 30.5 Å². The Morgan fingerprint density at radius 3 is 2.56 bits per heavy atom. The van der Waals surface area contributed by atoms with Crippen LogP contribution in [0.5, 0.6) is 0 Å². The van der Waals surface area contributed by atoms with E-state index in [-0.39, 0.29) is 11.4 Å². The SMILES string of the molecule is O=C(O)c1ccnc(-c2ccnc(NCCc3ccc(F)cc3)n2)c1. The molecule has 0 spiro atoms. The van der Waals surface area contributed by atoms with Crippen LogP contribution in [0.4, 0.5) is 10.3 Å². The number of rotatable bonds is 6. The fourth-order valence-electron chi connectivity index (χ4n) is 2.26. The number of hydrogen-bond acceptors (Lipinski definition) is 5. The molecule has 0 bridgehead atoms. The van der Waals surface area contributed by atoms with E-state index in [1.54, 1.807) is 24.4 Å². The van der Waals surface area contributed by atoms with E-state index in [0.29, 0.717) is 30.3 Å². The minimum Gasteiger partial charge on any atom is -0.478 e. The van der Waals surface area contributed by atoms with Gasteiger partial charge in [0.15, 0.2) is 0 Å². The monoisotopic (exact) mass is 338 g/mol. The number of carboxylic acids is 1. The van der Waals surface area contributed by atoms with Crippen LogP contribution in [0.15, 0.2) is 54.9 Å². The van der Waals surface area contributed by atoms with Crippen molar-refractivity contribution in [3.63, 3.8) is 0 Å². The van der Waals surface area contributed by atoms with Crippen molar-refractivity contribution in [2.24, 2.45) is 0 Å². The van der Waals surface area contributed by atoms with Crippen molar-refractivity contribution in [2.75, 3.05) is 11.9 Å². The molecule has 6 nitrogen and oxygen atoms in total. The standard InChI is InChI=1S/C18H15FN4O2/c19-14-3-1-12(2-4-14)5-8-21-18-22-10-7-15(23-18)16-11-13(17(24)25)6-9-20-16/h1-4,6-7,9-11H,5,8H2,(H,24,25)(H,21,22,23). The number of halogens is 1. The summed E-state index contributed by atoms with van der Waals surface area (Å²) < 4.78 is 12.9. The Balaban J connectivity index is 1.68. The van der Waals surface area contributed by atoms with Gasteiger partial charge < -0.3 is 10.4 Å². The molecule has 1 aromatic carbocycles. The number of carbonyl (C=O) groups is 1. The Hall–Kier alpha value is -3.35. The van der Waals surface area contributed by atoms with Crippen molar-refractivity contribution < 1.29 is 14.3 Å².